The van der Waals surface area contributed by atoms with E-state index in [-0.39, 0.29) is 23.1 Å². The van der Waals surface area contributed by atoms with Crippen LogP contribution in [0.15, 0.2) is 53.6 Å². The van der Waals surface area contributed by atoms with Gasteiger partial charge in [-0.1, -0.05) is 37.5 Å². The second-order valence-corrected chi connectivity index (χ2v) is 7.35. The molecule has 8 heteroatoms. The van der Waals surface area contributed by atoms with Gasteiger partial charge >= 0.3 is 0 Å². The molecule has 0 saturated heterocycles. The summed E-state index contributed by atoms with van der Waals surface area (Å²) in [5.41, 5.74) is 4.48. The highest BCUT2D eigenvalue weighted by atomic mass is 16.6. The number of nitro groups is 1. The number of rotatable bonds is 6. The van der Waals surface area contributed by atoms with Crippen LogP contribution in [0.25, 0.3) is 0 Å². The van der Waals surface area contributed by atoms with Crippen molar-refractivity contribution < 1.29 is 14.5 Å². The first-order valence-electron chi connectivity index (χ1n) is 9.94. The number of hydrazone groups is 1. The van der Waals surface area contributed by atoms with Gasteiger partial charge < -0.3 is 5.32 Å². The fourth-order valence-corrected chi connectivity index (χ4v) is 3.43. The van der Waals surface area contributed by atoms with Gasteiger partial charge in [-0.15, -0.1) is 0 Å². The summed E-state index contributed by atoms with van der Waals surface area (Å²) in [5.74, 6) is -0.378. The SMILES string of the molecule is C/C(=N\NC(=O)c1cccc([N+](=O)[O-])c1)c1ccc(NC(=O)C2CCCCC2)cc1. The highest BCUT2D eigenvalue weighted by molar-refractivity contribution is 6.01. The normalized spacial score (nSPS) is 14.8. The zero-order valence-electron chi connectivity index (χ0n) is 16.8. The van der Waals surface area contributed by atoms with E-state index in [1.54, 1.807) is 19.1 Å². The first kappa shape index (κ1) is 21.2. The quantitative estimate of drug-likeness (QED) is 0.422. The highest BCUT2D eigenvalue weighted by Crippen LogP contribution is 2.25. The molecule has 30 heavy (non-hydrogen) atoms. The number of hydrogen-bond donors (Lipinski definition) is 2. The molecule has 0 aromatic heterocycles. The smallest absolute Gasteiger partial charge is 0.271 e. The fourth-order valence-electron chi connectivity index (χ4n) is 3.43. The molecule has 3 rings (SSSR count). The van der Waals surface area contributed by atoms with Gasteiger partial charge in [0.2, 0.25) is 5.91 Å². The fraction of sp³-hybridized carbons (Fsp3) is 0.318. The summed E-state index contributed by atoms with van der Waals surface area (Å²) < 4.78 is 0. The predicted octanol–water partition coefficient (Wildman–Crippen LogP) is 4.27. The van der Waals surface area contributed by atoms with Crippen molar-refractivity contribution in [2.24, 2.45) is 11.0 Å². The monoisotopic (exact) mass is 408 g/mol. The van der Waals surface area contributed by atoms with Crippen molar-refractivity contribution in [3.05, 3.63) is 69.8 Å². The summed E-state index contributed by atoms with van der Waals surface area (Å²) in [4.78, 5) is 34.8. The van der Waals surface area contributed by atoms with E-state index >= 15 is 0 Å². The van der Waals surface area contributed by atoms with Crippen molar-refractivity contribution in [2.75, 3.05) is 5.32 Å². The summed E-state index contributed by atoms with van der Waals surface area (Å²) in [7, 11) is 0. The number of nitrogens with zero attached hydrogens (tertiary/aromatic N) is 2. The predicted molar refractivity (Wildman–Crippen MR) is 114 cm³/mol. The van der Waals surface area contributed by atoms with Crippen molar-refractivity contribution in [3.63, 3.8) is 0 Å². The van der Waals surface area contributed by atoms with Crippen LogP contribution in [-0.2, 0) is 4.79 Å². The van der Waals surface area contributed by atoms with Crippen LogP contribution in [0.5, 0.6) is 0 Å². The maximum absolute atomic E-state index is 12.3. The summed E-state index contributed by atoms with van der Waals surface area (Å²) >= 11 is 0. The average molecular weight is 408 g/mol. The Morgan fingerprint density at radius 1 is 1.03 bits per heavy atom. The van der Waals surface area contributed by atoms with Gasteiger partial charge in [-0.05, 0) is 43.5 Å². The number of hydrogen-bond acceptors (Lipinski definition) is 5. The molecular weight excluding hydrogens is 384 g/mol. The topological polar surface area (TPSA) is 114 Å². The van der Waals surface area contributed by atoms with E-state index in [1.165, 1.54) is 30.7 Å². The maximum Gasteiger partial charge on any atom is 0.271 e. The van der Waals surface area contributed by atoms with Crippen molar-refractivity contribution in [2.45, 2.75) is 39.0 Å². The molecule has 1 saturated carbocycles. The van der Waals surface area contributed by atoms with Crippen LogP contribution < -0.4 is 10.7 Å². The molecule has 0 radical (unpaired) electrons. The number of nitro benzene ring substituents is 1. The molecule has 0 atom stereocenters. The number of benzene rings is 2. The van der Waals surface area contributed by atoms with Crippen molar-refractivity contribution in [3.8, 4) is 0 Å². The molecule has 1 aliphatic rings. The Hall–Kier alpha value is -3.55. The van der Waals surface area contributed by atoms with Gasteiger partial charge in [0.1, 0.15) is 0 Å². The van der Waals surface area contributed by atoms with Gasteiger partial charge in [0.15, 0.2) is 0 Å². The molecule has 156 valence electrons. The standard InChI is InChI=1S/C22H24N4O4/c1-15(24-25-22(28)18-8-5-9-20(14-18)26(29)30)16-10-12-19(13-11-16)23-21(27)17-6-3-2-4-7-17/h5,8-14,17H,2-4,6-7H2,1H3,(H,23,27)(H,25,28)/b24-15+. The Kier molecular flexibility index (Phi) is 6.90. The molecule has 0 heterocycles. The van der Waals surface area contributed by atoms with Crippen molar-refractivity contribution in [1.82, 2.24) is 5.43 Å². The van der Waals surface area contributed by atoms with E-state index in [1.807, 2.05) is 12.1 Å². The van der Waals surface area contributed by atoms with Crippen LogP contribution >= 0.6 is 0 Å². The molecule has 0 bridgehead atoms. The second-order valence-electron chi connectivity index (χ2n) is 7.35. The lowest BCUT2D eigenvalue weighted by atomic mass is 9.88. The minimum Gasteiger partial charge on any atom is -0.326 e. The molecule has 2 N–H and O–H groups in total. The highest BCUT2D eigenvalue weighted by Gasteiger charge is 2.21. The lowest BCUT2D eigenvalue weighted by Gasteiger charge is -2.20. The van der Waals surface area contributed by atoms with Gasteiger partial charge in [-0.2, -0.15) is 5.10 Å². The number of carbonyl (C=O) groups excluding carboxylic acids is 2. The number of amides is 2. The van der Waals surface area contributed by atoms with Gasteiger partial charge in [0.05, 0.1) is 10.6 Å². The minimum absolute atomic E-state index is 0.0667. The van der Waals surface area contributed by atoms with E-state index in [9.17, 15) is 19.7 Å². The first-order valence-corrected chi connectivity index (χ1v) is 9.94. The zero-order valence-corrected chi connectivity index (χ0v) is 16.8. The summed E-state index contributed by atoms with van der Waals surface area (Å²) in [5, 5.41) is 17.9. The third kappa shape index (κ3) is 5.50. The molecule has 2 aromatic carbocycles. The Morgan fingerprint density at radius 3 is 2.40 bits per heavy atom. The third-order valence-corrected chi connectivity index (χ3v) is 5.19. The van der Waals surface area contributed by atoms with Crippen LogP contribution in [0.1, 0.15) is 54.9 Å². The van der Waals surface area contributed by atoms with Crippen LogP contribution in [0.3, 0.4) is 0 Å². The second kappa shape index (κ2) is 9.78. The Bertz CT molecular complexity index is 963. The number of anilines is 1. The van der Waals surface area contributed by atoms with E-state index in [0.717, 1.165) is 36.9 Å². The van der Waals surface area contributed by atoms with Crippen LogP contribution in [0.2, 0.25) is 0 Å². The molecule has 1 fully saturated rings. The van der Waals surface area contributed by atoms with Crippen LogP contribution in [0, 0.1) is 16.0 Å². The van der Waals surface area contributed by atoms with E-state index in [4.69, 9.17) is 0 Å². The van der Waals surface area contributed by atoms with Gasteiger partial charge in [-0.25, -0.2) is 5.43 Å². The van der Waals surface area contributed by atoms with Crippen molar-refractivity contribution >= 4 is 28.9 Å². The van der Waals surface area contributed by atoms with E-state index in [2.05, 4.69) is 15.8 Å². The average Bonchev–Trinajstić information content (AvgIpc) is 2.78. The third-order valence-electron chi connectivity index (χ3n) is 5.19. The molecule has 0 unspecified atom stereocenters. The van der Waals surface area contributed by atoms with Gasteiger partial charge in [0, 0.05) is 29.3 Å². The lowest BCUT2D eigenvalue weighted by molar-refractivity contribution is -0.384. The van der Waals surface area contributed by atoms with Crippen LogP contribution in [0.4, 0.5) is 11.4 Å². The molecule has 2 amide bonds. The zero-order chi connectivity index (χ0) is 21.5. The van der Waals surface area contributed by atoms with Gasteiger partial charge in [-0.3, -0.25) is 19.7 Å². The van der Waals surface area contributed by atoms with Crippen LogP contribution in [-0.4, -0.2) is 22.4 Å². The first-order chi connectivity index (χ1) is 14.4. The Morgan fingerprint density at radius 2 is 1.73 bits per heavy atom. The molecule has 0 spiro atoms. The summed E-state index contributed by atoms with van der Waals surface area (Å²) in [6, 6.07) is 12.7. The summed E-state index contributed by atoms with van der Waals surface area (Å²) in [6.07, 6.45) is 5.30. The summed E-state index contributed by atoms with van der Waals surface area (Å²) in [6.45, 7) is 1.74. The van der Waals surface area contributed by atoms with Crippen molar-refractivity contribution in [1.29, 1.82) is 0 Å². The van der Waals surface area contributed by atoms with E-state index < -0.39 is 10.8 Å². The Labute approximate surface area is 174 Å². The Balaban J connectivity index is 1.59. The minimum atomic E-state index is -0.556. The van der Waals surface area contributed by atoms with E-state index in [0.29, 0.717) is 5.71 Å². The molecule has 1 aliphatic carbocycles. The van der Waals surface area contributed by atoms with Gasteiger partial charge in [0.25, 0.3) is 11.6 Å². The molecular formula is C22H24N4O4. The molecule has 2 aromatic rings. The largest absolute Gasteiger partial charge is 0.326 e. The lowest BCUT2D eigenvalue weighted by Crippen LogP contribution is -2.24. The molecule has 8 nitrogen and oxygen atoms in total. The molecule has 0 aliphatic heterocycles. The number of nitrogens with one attached hydrogen (secondary N) is 2. The number of carbonyl (C=O) groups is 2. The maximum atomic E-state index is 12.3. The number of non-ortho nitro benzene ring substituents is 1.